The second kappa shape index (κ2) is 9.42. The Morgan fingerprint density at radius 3 is 2.29 bits per heavy atom. The van der Waals surface area contributed by atoms with E-state index in [1.54, 1.807) is 48.5 Å². The third-order valence-corrected chi connectivity index (χ3v) is 4.94. The van der Waals surface area contributed by atoms with Crippen LogP contribution >= 0.6 is 11.9 Å². The highest BCUT2D eigenvalue weighted by molar-refractivity contribution is 7.97. The number of rotatable bonds is 6. The summed E-state index contributed by atoms with van der Waals surface area (Å²) >= 11 is 1.11. The first kappa shape index (κ1) is 20.6. The summed E-state index contributed by atoms with van der Waals surface area (Å²) in [5.74, 6) is 0.533. The van der Waals surface area contributed by atoms with Crippen LogP contribution in [0, 0.1) is 5.82 Å². The fourth-order valence-corrected chi connectivity index (χ4v) is 3.25. The molecule has 0 aliphatic rings. The van der Waals surface area contributed by atoms with Crippen LogP contribution in [0.3, 0.4) is 0 Å². The minimum absolute atomic E-state index is 0.301. The van der Waals surface area contributed by atoms with Crippen molar-refractivity contribution in [3.05, 3.63) is 103 Å². The Balaban J connectivity index is 1.48. The Morgan fingerprint density at radius 2 is 1.58 bits per heavy atom. The number of aromatic nitrogens is 1. The van der Waals surface area contributed by atoms with E-state index in [4.69, 9.17) is 9.88 Å². The maximum Gasteiger partial charge on any atom is 0.274 e. The molecule has 0 atom stereocenters. The quantitative estimate of drug-likeness (QED) is 0.372. The second-order valence-corrected chi connectivity index (χ2v) is 7.30. The van der Waals surface area contributed by atoms with Crippen LogP contribution < -0.4 is 15.2 Å². The minimum Gasteiger partial charge on any atom is -0.457 e. The Morgan fingerprint density at radius 1 is 0.903 bits per heavy atom. The zero-order valence-electron chi connectivity index (χ0n) is 16.3. The number of hydrogen-bond donors (Lipinski definition) is 2. The van der Waals surface area contributed by atoms with Gasteiger partial charge >= 0.3 is 0 Å². The summed E-state index contributed by atoms with van der Waals surface area (Å²) in [6.07, 6.45) is 0. The minimum atomic E-state index is -0.316. The van der Waals surface area contributed by atoms with Gasteiger partial charge in [-0.25, -0.2) is 9.37 Å². The van der Waals surface area contributed by atoms with Gasteiger partial charge in [-0.1, -0.05) is 12.1 Å². The van der Waals surface area contributed by atoms with Gasteiger partial charge in [0.2, 0.25) is 0 Å². The summed E-state index contributed by atoms with van der Waals surface area (Å²) in [6.45, 7) is 0. The zero-order valence-corrected chi connectivity index (χ0v) is 17.1. The summed E-state index contributed by atoms with van der Waals surface area (Å²) in [7, 11) is 0. The van der Waals surface area contributed by atoms with E-state index in [9.17, 15) is 9.18 Å². The molecule has 1 aromatic heterocycles. The zero-order chi connectivity index (χ0) is 21.6. The van der Waals surface area contributed by atoms with E-state index in [-0.39, 0.29) is 11.7 Å². The third kappa shape index (κ3) is 5.28. The third-order valence-electron chi connectivity index (χ3n) is 4.41. The normalized spacial score (nSPS) is 10.5. The monoisotopic (exact) mass is 431 g/mol. The number of hydrogen-bond acceptors (Lipinski definition) is 5. The first-order chi connectivity index (χ1) is 15.1. The van der Waals surface area contributed by atoms with Crippen LogP contribution in [-0.4, -0.2) is 10.9 Å². The Bertz CT molecular complexity index is 1200. The number of pyridine rings is 1. The van der Waals surface area contributed by atoms with Crippen LogP contribution in [0.15, 0.2) is 95.9 Å². The number of halogens is 1. The van der Waals surface area contributed by atoms with Gasteiger partial charge in [-0.3, -0.25) is 9.93 Å². The number of anilines is 1. The maximum absolute atomic E-state index is 13.0. The van der Waals surface area contributed by atoms with Crippen molar-refractivity contribution in [2.24, 2.45) is 5.14 Å². The molecule has 1 amide bonds. The van der Waals surface area contributed by atoms with Gasteiger partial charge in [-0.05, 0) is 90.8 Å². The summed E-state index contributed by atoms with van der Waals surface area (Å²) in [5.41, 5.74) is 2.44. The van der Waals surface area contributed by atoms with Crippen LogP contribution in [0.5, 0.6) is 11.5 Å². The van der Waals surface area contributed by atoms with Crippen molar-refractivity contribution in [2.75, 3.05) is 5.32 Å². The van der Waals surface area contributed by atoms with Crippen molar-refractivity contribution in [1.82, 2.24) is 4.98 Å². The van der Waals surface area contributed by atoms with Gasteiger partial charge in [0.25, 0.3) is 5.91 Å². The molecule has 0 unspecified atom stereocenters. The Labute approximate surface area is 183 Å². The molecule has 0 spiro atoms. The van der Waals surface area contributed by atoms with Crippen molar-refractivity contribution < 1.29 is 13.9 Å². The lowest BCUT2D eigenvalue weighted by Gasteiger charge is -2.09. The molecule has 0 saturated heterocycles. The average molecular weight is 431 g/mol. The van der Waals surface area contributed by atoms with Gasteiger partial charge in [0.1, 0.15) is 23.0 Å². The van der Waals surface area contributed by atoms with Crippen LogP contribution in [0.25, 0.3) is 11.3 Å². The molecule has 1 heterocycles. The number of nitrogens with one attached hydrogen (secondary N) is 1. The molecule has 4 rings (SSSR count). The number of nitrogens with two attached hydrogens (primary N) is 1. The molecule has 7 heteroatoms. The highest BCUT2D eigenvalue weighted by Gasteiger charge is 2.10. The fourth-order valence-electron chi connectivity index (χ4n) is 2.90. The fraction of sp³-hybridized carbons (Fsp3) is 0. The predicted octanol–water partition coefficient (Wildman–Crippen LogP) is 5.90. The standard InChI is InChI=1S/C24H18FN3O2S/c25-17-9-13-20(14-10-17)30-19-11-7-16(8-12-19)22-5-2-6-23(28-22)24(29)27-18-3-1-4-21(15-18)31-26/h1-15H,26H2,(H,27,29). The largest absolute Gasteiger partial charge is 0.457 e. The van der Waals surface area contributed by atoms with Crippen molar-refractivity contribution in [2.45, 2.75) is 4.90 Å². The highest BCUT2D eigenvalue weighted by Crippen LogP contribution is 2.25. The first-order valence-electron chi connectivity index (χ1n) is 9.40. The summed E-state index contributed by atoms with van der Waals surface area (Å²) in [4.78, 5) is 18.0. The van der Waals surface area contributed by atoms with Crippen LogP contribution in [-0.2, 0) is 0 Å². The number of carbonyl (C=O) groups excluding carboxylic acids is 1. The maximum atomic E-state index is 13.0. The summed E-state index contributed by atoms with van der Waals surface area (Å²) in [5, 5.41) is 8.41. The predicted molar refractivity (Wildman–Crippen MR) is 121 cm³/mol. The molecule has 5 nitrogen and oxygen atoms in total. The Hall–Kier alpha value is -3.68. The number of ether oxygens (including phenoxy) is 1. The SMILES string of the molecule is NSc1cccc(NC(=O)c2cccc(-c3ccc(Oc4ccc(F)cc4)cc3)n2)c1. The smallest absolute Gasteiger partial charge is 0.274 e. The molecule has 3 aromatic carbocycles. The van der Waals surface area contributed by atoms with E-state index >= 15 is 0 Å². The number of nitrogens with zero attached hydrogens (tertiary/aromatic N) is 1. The topological polar surface area (TPSA) is 77.2 Å². The van der Waals surface area contributed by atoms with Crippen molar-refractivity contribution in [1.29, 1.82) is 0 Å². The number of carbonyl (C=O) groups is 1. The lowest BCUT2D eigenvalue weighted by molar-refractivity contribution is 0.102. The van der Waals surface area contributed by atoms with Crippen molar-refractivity contribution in [3.8, 4) is 22.8 Å². The van der Waals surface area contributed by atoms with E-state index in [1.807, 2.05) is 30.3 Å². The summed E-state index contributed by atoms with van der Waals surface area (Å²) in [6, 6.07) is 25.7. The number of amides is 1. The molecule has 0 aliphatic carbocycles. The molecule has 3 N–H and O–H groups in total. The van der Waals surface area contributed by atoms with E-state index in [0.717, 1.165) is 22.4 Å². The molecule has 154 valence electrons. The molecule has 0 saturated carbocycles. The first-order valence-corrected chi connectivity index (χ1v) is 10.3. The van der Waals surface area contributed by atoms with Crippen LogP contribution in [0.1, 0.15) is 10.5 Å². The molecule has 0 fully saturated rings. The van der Waals surface area contributed by atoms with E-state index < -0.39 is 0 Å². The molecule has 0 radical (unpaired) electrons. The van der Waals surface area contributed by atoms with Gasteiger partial charge in [0, 0.05) is 16.1 Å². The van der Waals surface area contributed by atoms with Gasteiger partial charge < -0.3 is 10.1 Å². The van der Waals surface area contributed by atoms with Gasteiger partial charge in [0.05, 0.1) is 5.69 Å². The molecule has 31 heavy (non-hydrogen) atoms. The Kier molecular flexibility index (Phi) is 6.26. The van der Waals surface area contributed by atoms with Gasteiger partial charge in [0.15, 0.2) is 0 Å². The highest BCUT2D eigenvalue weighted by atomic mass is 32.2. The molecule has 0 bridgehead atoms. The summed E-state index contributed by atoms with van der Waals surface area (Å²) < 4.78 is 18.7. The van der Waals surface area contributed by atoms with Crippen molar-refractivity contribution >= 4 is 23.5 Å². The van der Waals surface area contributed by atoms with Crippen LogP contribution in [0.4, 0.5) is 10.1 Å². The molecule has 4 aromatic rings. The lowest BCUT2D eigenvalue weighted by Crippen LogP contribution is -2.13. The van der Waals surface area contributed by atoms with E-state index in [1.165, 1.54) is 12.1 Å². The van der Waals surface area contributed by atoms with Crippen molar-refractivity contribution in [3.63, 3.8) is 0 Å². The number of benzene rings is 3. The average Bonchev–Trinajstić information content (AvgIpc) is 2.81. The van der Waals surface area contributed by atoms with E-state index in [2.05, 4.69) is 10.3 Å². The van der Waals surface area contributed by atoms with Crippen LogP contribution in [0.2, 0.25) is 0 Å². The second-order valence-electron chi connectivity index (χ2n) is 6.59. The lowest BCUT2D eigenvalue weighted by atomic mass is 10.1. The molecular weight excluding hydrogens is 413 g/mol. The van der Waals surface area contributed by atoms with Gasteiger partial charge in [-0.2, -0.15) is 0 Å². The molecular formula is C24H18FN3O2S. The van der Waals surface area contributed by atoms with E-state index in [0.29, 0.717) is 28.6 Å². The molecule has 0 aliphatic heterocycles. The van der Waals surface area contributed by atoms with Gasteiger partial charge in [-0.15, -0.1) is 0 Å².